The van der Waals surface area contributed by atoms with E-state index in [9.17, 15) is 9.36 Å². The Kier molecular flexibility index (Phi) is 4.42. The maximum Gasteiger partial charge on any atom is 0.348 e. The highest BCUT2D eigenvalue weighted by Gasteiger charge is 2.58. The Morgan fingerprint density at radius 1 is 1.17 bits per heavy atom. The van der Waals surface area contributed by atoms with Crippen LogP contribution in [-0.2, 0) is 23.1 Å². The van der Waals surface area contributed by atoms with Crippen LogP contribution in [0.1, 0.15) is 33.6 Å². The summed E-state index contributed by atoms with van der Waals surface area (Å²) in [5, 5.41) is -1.25. The minimum absolute atomic E-state index is 0.306. The molecular formula is C12H21O5P. The highest BCUT2D eigenvalue weighted by Crippen LogP contribution is 2.64. The molecule has 1 aliphatic carbocycles. The van der Waals surface area contributed by atoms with Crippen LogP contribution in [0.4, 0.5) is 0 Å². The van der Waals surface area contributed by atoms with E-state index in [0.29, 0.717) is 12.8 Å². The lowest BCUT2D eigenvalue weighted by atomic mass is 10.1. The van der Waals surface area contributed by atoms with E-state index < -0.39 is 24.3 Å². The lowest BCUT2D eigenvalue weighted by Crippen LogP contribution is -2.42. The van der Waals surface area contributed by atoms with Gasteiger partial charge in [0.05, 0.1) is 0 Å². The molecule has 1 aliphatic rings. The van der Waals surface area contributed by atoms with Crippen molar-refractivity contribution in [2.24, 2.45) is 0 Å². The third kappa shape index (κ3) is 2.68. The number of esters is 1. The Hall–Kier alpha value is -0.640. The average molecular weight is 276 g/mol. The van der Waals surface area contributed by atoms with Crippen molar-refractivity contribution in [1.29, 1.82) is 0 Å². The van der Waals surface area contributed by atoms with Crippen molar-refractivity contribution < 1.29 is 23.1 Å². The predicted molar refractivity (Wildman–Crippen MR) is 68.6 cm³/mol. The second-order valence-electron chi connectivity index (χ2n) is 5.28. The Balaban J connectivity index is 3.09. The molecule has 0 heterocycles. The molecule has 0 fully saturated rings. The molecule has 0 aromatic carbocycles. The van der Waals surface area contributed by atoms with E-state index in [2.05, 4.69) is 0 Å². The standard InChI is InChI=1S/C12H21O5P/c1-11(2,3)17-10(13)12(8-6-7-9-12)18(14,15-4)16-5/h6-7H,8-9H2,1-5H3. The van der Waals surface area contributed by atoms with Crippen LogP contribution in [0, 0.1) is 0 Å². The SMILES string of the molecule is COP(=O)(OC)C1(C(=O)OC(C)(C)C)CC=CC1. The molecule has 104 valence electrons. The normalized spacial score (nSPS) is 18.9. The smallest absolute Gasteiger partial charge is 0.348 e. The molecule has 0 saturated carbocycles. The van der Waals surface area contributed by atoms with Gasteiger partial charge in [0, 0.05) is 14.2 Å². The number of ether oxygens (including phenoxy) is 1. The first-order valence-electron chi connectivity index (χ1n) is 5.81. The van der Waals surface area contributed by atoms with Crippen LogP contribution in [0.15, 0.2) is 12.2 Å². The maximum absolute atomic E-state index is 12.6. The first-order valence-corrected chi connectivity index (χ1v) is 7.35. The van der Waals surface area contributed by atoms with Gasteiger partial charge in [-0.3, -0.25) is 9.36 Å². The van der Waals surface area contributed by atoms with Gasteiger partial charge in [0.2, 0.25) is 0 Å². The molecule has 6 heteroatoms. The molecule has 0 spiro atoms. The number of hydrogen-bond donors (Lipinski definition) is 0. The summed E-state index contributed by atoms with van der Waals surface area (Å²) in [6.07, 6.45) is 4.21. The van der Waals surface area contributed by atoms with E-state index in [0.717, 1.165) is 0 Å². The van der Waals surface area contributed by atoms with Gasteiger partial charge >= 0.3 is 13.6 Å². The first kappa shape index (κ1) is 15.4. The van der Waals surface area contributed by atoms with Crippen LogP contribution in [0.5, 0.6) is 0 Å². The zero-order valence-electron chi connectivity index (χ0n) is 11.6. The van der Waals surface area contributed by atoms with Crippen molar-refractivity contribution in [3.63, 3.8) is 0 Å². The van der Waals surface area contributed by atoms with Gasteiger partial charge in [0.15, 0.2) is 5.16 Å². The minimum atomic E-state index is -3.54. The molecule has 0 aliphatic heterocycles. The molecular weight excluding hydrogens is 255 g/mol. The van der Waals surface area contributed by atoms with Crippen LogP contribution in [0.25, 0.3) is 0 Å². The third-order valence-electron chi connectivity index (χ3n) is 2.86. The Morgan fingerprint density at radius 2 is 1.61 bits per heavy atom. The Labute approximate surface area is 108 Å². The molecule has 1 rings (SSSR count). The molecule has 0 aromatic rings. The van der Waals surface area contributed by atoms with Crippen molar-refractivity contribution in [3.05, 3.63) is 12.2 Å². The summed E-state index contributed by atoms with van der Waals surface area (Å²) in [4.78, 5) is 12.4. The number of carbonyl (C=O) groups is 1. The number of allylic oxidation sites excluding steroid dienone is 2. The molecule has 0 amide bonds. The first-order chi connectivity index (χ1) is 8.21. The van der Waals surface area contributed by atoms with Crippen LogP contribution in [0.2, 0.25) is 0 Å². The summed E-state index contributed by atoms with van der Waals surface area (Å²) >= 11 is 0. The fourth-order valence-corrected chi connectivity index (χ4v) is 3.71. The second kappa shape index (κ2) is 5.16. The topological polar surface area (TPSA) is 61.8 Å². The zero-order valence-corrected chi connectivity index (χ0v) is 12.5. The molecule has 0 aromatic heterocycles. The summed E-state index contributed by atoms with van der Waals surface area (Å²) in [5.41, 5.74) is -0.640. The summed E-state index contributed by atoms with van der Waals surface area (Å²) in [6, 6.07) is 0. The highest BCUT2D eigenvalue weighted by atomic mass is 31.2. The van der Waals surface area contributed by atoms with Crippen molar-refractivity contribution in [1.82, 2.24) is 0 Å². The molecule has 0 unspecified atom stereocenters. The fraction of sp³-hybridized carbons (Fsp3) is 0.750. The lowest BCUT2D eigenvalue weighted by Gasteiger charge is -2.34. The molecule has 0 atom stereocenters. The van der Waals surface area contributed by atoms with E-state index in [4.69, 9.17) is 13.8 Å². The summed E-state index contributed by atoms with van der Waals surface area (Å²) in [7, 11) is -0.966. The number of carbonyl (C=O) groups excluding carboxylic acids is 1. The maximum atomic E-state index is 12.6. The van der Waals surface area contributed by atoms with Gasteiger partial charge < -0.3 is 13.8 Å². The van der Waals surface area contributed by atoms with E-state index in [1.807, 2.05) is 0 Å². The van der Waals surface area contributed by atoms with Crippen LogP contribution >= 0.6 is 7.60 Å². The van der Waals surface area contributed by atoms with Crippen molar-refractivity contribution >= 4 is 13.6 Å². The van der Waals surface area contributed by atoms with Crippen molar-refractivity contribution in [2.45, 2.75) is 44.4 Å². The molecule has 0 N–H and O–H groups in total. The van der Waals surface area contributed by atoms with Gasteiger partial charge in [-0.05, 0) is 33.6 Å². The van der Waals surface area contributed by atoms with E-state index in [1.165, 1.54) is 14.2 Å². The van der Waals surface area contributed by atoms with Gasteiger partial charge in [-0.2, -0.15) is 0 Å². The average Bonchev–Trinajstić information content (AvgIpc) is 2.76. The van der Waals surface area contributed by atoms with E-state index >= 15 is 0 Å². The monoisotopic (exact) mass is 276 g/mol. The summed E-state index contributed by atoms with van der Waals surface area (Å²) < 4.78 is 28.0. The largest absolute Gasteiger partial charge is 0.459 e. The second-order valence-corrected chi connectivity index (χ2v) is 7.86. The molecule has 0 radical (unpaired) electrons. The van der Waals surface area contributed by atoms with Gasteiger partial charge in [-0.1, -0.05) is 12.2 Å². The highest BCUT2D eigenvalue weighted by molar-refractivity contribution is 7.56. The van der Waals surface area contributed by atoms with Gasteiger partial charge in [-0.25, -0.2) is 0 Å². The van der Waals surface area contributed by atoms with Crippen LogP contribution in [-0.4, -0.2) is 30.9 Å². The molecule has 18 heavy (non-hydrogen) atoms. The van der Waals surface area contributed by atoms with Crippen LogP contribution < -0.4 is 0 Å². The molecule has 5 nitrogen and oxygen atoms in total. The zero-order chi connectivity index (χ0) is 14.0. The third-order valence-corrected chi connectivity index (χ3v) is 5.42. The van der Waals surface area contributed by atoms with E-state index in [-0.39, 0.29) is 0 Å². The Bertz CT molecular complexity index is 378. The van der Waals surface area contributed by atoms with Crippen molar-refractivity contribution in [2.75, 3.05) is 14.2 Å². The quantitative estimate of drug-likeness (QED) is 0.449. The van der Waals surface area contributed by atoms with Gasteiger partial charge in [0.25, 0.3) is 0 Å². The minimum Gasteiger partial charge on any atom is -0.459 e. The number of rotatable bonds is 4. The molecule has 0 bridgehead atoms. The number of hydrogen-bond acceptors (Lipinski definition) is 5. The summed E-state index contributed by atoms with van der Waals surface area (Å²) in [5.74, 6) is -0.535. The summed E-state index contributed by atoms with van der Waals surface area (Å²) in [6.45, 7) is 5.31. The fourth-order valence-electron chi connectivity index (χ4n) is 1.94. The predicted octanol–water partition coefficient (Wildman–Crippen LogP) is 2.90. The van der Waals surface area contributed by atoms with Crippen molar-refractivity contribution in [3.8, 4) is 0 Å². The Morgan fingerprint density at radius 3 is 1.94 bits per heavy atom. The van der Waals surface area contributed by atoms with Gasteiger partial charge in [-0.15, -0.1) is 0 Å². The lowest BCUT2D eigenvalue weighted by molar-refractivity contribution is -0.158. The molecule has 0 saturated heterocycles. The van der Waals surface area contributed by atoms with Gasteiger partial charge in [0.1, 0.15) is 5.60 Å². The van der Waals surface area contributed by atoms with Crippen LogP contribution in [0.3, 0.4) is 0 Å². The van der Waals surface area contributed by atoms with E-state index in [1.54, 1.807) is 32.9 Å².